The van der Waals surface area contributed by atoms with Gasteiger partial charge in [0.1, 0.15) is 0 Å². The molecule has 0 saturated carbocycles. The average molecular weight is 173 g/mol. The van der Waals surface area contributed by atoms with Gasteiger partial charge in [-0.05, 0) is 34.1 Å². The summed E-state index contributed by atoms with van der Waals surface area (Å²) in [5.74, 6) is 0. The van der Waals surface area contributed by atoms with Crippen LogP contribution in [0.2, 0.25) is 0 Å². The van der Waals surface area contributed by atoms with Crippen molar-refractivity contribution in [1.82, 2.24) is 4.90 Å². The van der Waals surface area contributed by atoms with E-state index in [1.807, 2.05) is 6.92 Å². The number of nitrogens with zero attached hydrogens (tertiary/aromatic N) is 1. The summed E-state index contributed by atoms with van der Waals surface area (Å²) >= 11 is 0. The van der Waals surface area contributed by atoms with Gasteiger partial charge in [0.15, 0.2) is 0 Å². The Balaban J connectivity index is 3.95. The Morgan fingerprint density at radius 3 is 1.75 bits per heavy atom. The highest BCUT2D eigenvalue weighted by Crippen LogP contribution is 2.06. The molecule has 0 aromatic carbocycles. The number of aliphatic hydroxyl groups excluding tert-OH is 1. The minimum Gasteiger partial charge on any atom is -0.392 e. The molecule has 2 nitrogen and oxygen atoms in total. The molecule has 0 saturated heterocycles. The maximum atomic E-state index is 9.48. The number of rotatable bonds is 5. The van der Waals surface area contributed by atoms with Gasteiger partial charge in [-0.2, -0.15) is 0 Å². The molecule has 2 heteroatoms. The van der Waals surface area contributed by atoms with Gasteiger partial charge in [0, 0.05) is 18.6 Å². The SMILES string of the molecule is CCC(O)CN(C(C)C)C(C)C. The molecular formula is C10H23NO. The first kappa shape index (κ1) is 11.9. The summed E-state index contributed by atoms with van der Waals surface area (Å²) in [6, 6.07) is 1.04. The van der Waals surface area contributed by atoms with Crippen molar-refractivity contribution < 1.29 is 5.11 Å². The van der Waals surface area contributed by atoms with E-state index in [4.69, 9.17) is 0 Å². The van der Waals surface area contributed by atoms with Crippen LogP contribution in [0.5, 0.6) is 0 Å². The van der Waals surface area contributed by atoms with Crippen LogP contribution >= 0.6 is 0 Å². The topological polar surface area (TPSA) is 23.5 Å². The molecule has 0 aromatic heterocycles. The Morgan fingerprint density at radius 2 is 1.50 bits per heavy atom. The van der Waals surface area contributed by atoms with Crippen LogP contribution in [0.4, 0.5) is 0 Å². The number of aliphatic hydroxyl groups is 1. The van der Waals surface area contributed by atoms with E-state index in [0.717, 1.165) is 13.0 Å². The normalized spacial score (nSPS) is 14.8. The molecule has 0 spiro atoms. The lowest BCUT2D eigenvalue weighted by Gasteiger charge is -2.32. The van der Waals surface area contributed by atoms with E-state index in [1.54, 1.807) is 0 Å². The van der Waals surface area contributed by atoms with Crippen molar-refractivity contribution >= 4 is 0 Å². The Labute approximate surface area is 76.6 Å². The minimum atomic E-state index is -0.171. The fraction of sp³-hybridized carbons (Fsp3) is 1.00. The smallest absolute Gasteiger partial charge is 0.0664 e. The summed E-state index contributed by atoms with van der Waals surface area (Å²) < 4.78 is 0. The number of hydrogen-bond acceptors (Lipinski definition) is 2. The molecule has 0 bridgehead atoms. The molecule has 1 unspecified atom stereocenters. The molecule has 0 radical (unpaired) electrons. The highest BCUT2D eigenvalue weighted by atomic mass is 16.3. The fourth-order valence-corrected chi connectivity index (χ4v) is 1.39. The molecule has 0 aliphatic carbocycles. The first-order valence-electron chi connectivity index (χ1n) is 4.92. The molecule has 1 atom stereocenters. The largest absolute Gasteiger partial charge is 0.392 e. The van der Waals surface area contributed by atoms with Gasteiger partial charge in [-0.15, -0.1) is 0 Å². The third-order valence-electron chi connectivity index (χ3n) is 2.22. The zero-order valence-corrected chi connectivity index (χ0v) is 9.04. The molecule has 0 aliphatic heterocycles. The minimum absolute atomic E-state index is 0.171. The molecule has 0 heterocycles. The second-order valence-electron chi connectivity index (χ2n) is 3.95. The molecular weight excluding hydrogens is 150 g/mol. The van der Waals surface area contributed by atoms with Crippen LogP contribution in [-0.4, -0.2) is 34.7 Å². The van der Waals surface area contributed by atoms with Crippen LogP contribution in [0.3, 0.4) is 0 Å². The maximum Gasteiger partial charge on any atom is 0.0664 e. The van der Waals surface area contributed by atoms with E-state index in [0.29, 0.717) is 12.1 Å². The van der Waals surface area contributed by atoms with E-state index >= 15 is 0 Å². The summed E-state index contributed by atoms with van der Waals surface area (Å²) in [5.41, 5.74) is 0. The second kappa shape index (κ2) is 5.55. The van der Waals surface area contributed by atoms with Crippen molar-refractivity contribution in [2.24, 2.45) is 0 Å². The lowest BCUT2D eigenvalue weighted by atomic mass is 10.2. The zero-order valence-electron chi connectivity index (χ0n) is 9.04. The van der Waals surface area contributed by atoms with Crippen LogP contribution in [0.15, 0.2) is 0 Å². The quantitative estimate of drug-likeness (QED) is 0.686. The van der Waals surface area contributed by atoms with Gasteiger partial charge in [0.25, 0.3) is 0 Å². The Bertz CT molecular complexity index is 104. The molecule has 0 rings (SSSR count). The second-order valence-corrected chi connectivity index (χ2v) is 3.95. The van der Waals surface area contributed by atoms with Gasteiger partial charge in [0.2, 0.25) is 0 Å². The van der Waals surface area contributed by atoms with Gasteiger partial charge in [-0.1, -0.05) is 6.92 Å². The molecule has 0 amide bonds. The third-order valence-corrected chi connectivity index (χ3v) is 2.22. The summed E-state index contributed by atoms with van der Waals surface area (Å²) in [7, 11) is 0. The third kappa shape index (κ3) is 4.07. The van der Waals surface area contributed by atoms with E-state index in [1.165, 1.54) is 0 Å². The van der Waals surface area contributed by atoms with Crippen molar-refractivity contribution in [2.75, 3.05) is 6.54 Å². The van der Waals surface area contributed by atoms with Crippen molar-refractivity contribution in [3.8, 4) is 0 Å². The highest BCUT2D eigenvalue weighted by Gasteiger charge is 2.15. The molecule has 74 valence electrons. The first-order valence-corrected chi connectivity index (χ1v) is 4.92. The van der Waals surface area contributed by atoms with Crippen molar-refractivity contribution in [1.29, 1.82) is 0 Å². The van der Waals surface area contributed by atoms with Gasteiger partial charge in [-0.25, -0.2) is 0 Å². The van der Waals surface area contributed by atoms with E-state index in [2.05, 4.69) is 32.6 Å². The standard InChI is InChI=1S/C10H23NO/c1-6-10(12)7-11(8(2)3)9(4)5/h8-10,12H,6-7H2,1-5H3. The van der Waals surface area contributed by atoms with Gasteiger partial charge in [0.05, 0.1) is 6.10 Å². The fourth-order valence-electron chi connectivity index (χ4n) is 1.39. The summed E-state index contributed by atoms with van der Waals surface area (Å²) in [6.45, 7) is 11.5. The van der Waals surface area contributed by atoms with Crippen LogP contribution < -0.4 is 0 Å². The van der Waals surface area contributed by atoms with Crippen molar-refractivity contribution in [3.05, 3.63) is 0 Å². The summed E-state index contributed by atoms with van der Waals surface area (Å²) in [4.78, 5) is 2.31. The van der Waals surface area contributed by atoms with E-state index < -0.39 is 0 Å². The maximum absolute atomic E-state index is 9.48. The molecule has 0 aromatic rings. The monoisotopic (exact) mass is 173 g/mol. The van der Waals surface area contributed by atoms with Gasteiger partial charge < -0.3 is 5.11 Å². The summed E-state index contributed by atoms with van der Waals surface area (Å²) in [5, 5.41) is 9.48. The zero-order chi connectivity index (χ0) is 9.72. The van der Waals surface area contributed by atoms with Crippen molar-refractivity contribution in [2.45, 2.75) is 59.2 Å². The Hall–Kier alpha value is -0.0800. The van der Waals surface area contributed by atoms with Crippen LogP contribution in [0.1, 0.15) is 41.0 Å². The van der Waals surface area contributed by atoms with Gasteiger partial charge in [-0.3, -0.25) is 4.90 Å². The first-order chi connectivity index (χ1) is 5.49. The Morgan fingerprint density at radius 1 is 1.08 bits per heavy atom. The predicted octanol–water partition coefficient (Wildman–Crippen LogP) is 1.88. The van der Waals surface area contributed by atoms with Gasteiger partial charge >= 0.3 is 0 Å². The van der Waals surface area contributed by atoms with Crippen LogP contribution in [-0.2, 0) is 0 Å². The summed E-state index contributed by atoms with van der Waals surface area (Å²) in [6.07, 6.45) is 0.672. The van der Waals surface area contributed by atoms with Crippen molar-refractivity contribution in [3.63, 3.8) is 0 Å². The highest BCUT2D eigenvalue weighted by molar-refractivity contribution is 4.70. The Kier molecular flexibility index (Phi) is 5.51. The molecule has 0 aliphatic rings. The van der Waals surface area contributed by atoms with E-state index in [9.17, 15) is 5.11 Å². The molecule has 0 fully saturated rings. The molecule has 1 N–H and O–H groups in total. The average Bonchev–Trinajstić information content (AvgIpc) is 1.98. The molecule has 12 heavy (non-hydrogen) atoms. The van der Waals surface area contributed by atoms with E-state index in [-0.39, 0.29) is 6.10 Å². The van der Waals surface area contributed by atoms with Crippen LogP contribution in [0.25, 0.3) is 0 Å². The predicted molar refractivity (Wildman–Crippen MR) is 53.3 cm³/mol. The number of hydrogen-bond donors (Lipinski definition) is 1. The lowest BCUT2D eigenvalue weighted by Crippen LogP contribution is -2.41. The van der Waals surface area contributed by atoms with Crippen LogP contribution in [0, 0.1) is 0 Å². The lowest BCUT2D eigenvalue weighted by molar-refractivity contribution is 0.0736.